The highest BCUT2D eigenvalue weighted by atomic mass is 19.4. The van der Waals surface area contributed by atoms with Gasteiger partial charge in [0.05, 0.1) is 60.3 Å². The van der Waals surface area contributed by atoms with Gasteiger partial charge in [0.2, 0.25) is 11.8 Å². The number of alkyl halides is 6. The highest BCUT2D eigenvalue weighted by molar-refractivity contribution is 6.10. The van der Waals surface area contributed by atoms with Crippen molar-refractivity contribution < 1.29 is 45.4 Å². The van der Waals surface area contributed by atoms with Crippen molar-refractivity contribution in [1.82, 2.24) is 0 Å². The molecule has 0 radical (unpaired) electrons. The Morgan fingerprint density at radius 3 is 1.36 bits per heavy atom. The monoisotopic (exact) mass is 560 g/mol. The Bertz CT molecular complexity index is 1100. The van der Waals surface area contributed by atoms with Crippen LogP contribution >= 0.6 is 0 Å². The van der Waals surface area contributed by atoms with E-state index in [4.69, 9.17) is 9.47 Å². The van der Waals surface area contributed by atoms with Crippen molar-refractivity contribution in [3.8, 4) is 0 Å². The molecule has 0 saturated carbocycles. The number of anilines is 4. The predicted molar refractivity (Wildman–Crippen MR) is 131 cm³/mol. The third-order valence-electron chi connectivity index (χ3n) is 6.21. The summed E-state index contributed by atoms with van der Waals surface area (Å²) in [6.07, 6.45) is -10.2. The average Bonchev–Trinajstić information content (AvgIpc) is 2.88. The van der Waals surface area contributed by atoms with Crippen molar-refractivity contribution >= 4 is 34.6 Å². The summed E-state index contributed by atoms with van der Waals surface area (Å²) in [5.74, 6) is -1.86. The van der Waals surface area contributed by atoms with Gasteiger partial charge in [-0.2, -0.15) is 26.3 Å². The number of para-hydroxylation sites is 2. The second-order valence-corrected chi connectivity index (χ2v) is 8.87. The number of morpholine rings is 2. The number of amides is 2. The molecule has 212 valence electrons. The molecule has 2 aliphatic heterocycles. The zero-order valence-corrected chi connectivity index (χ0v) is 20.6. The first-order valence-corrected chi connectivity index (χ1v) is 12.1. The summed E-state index contributed by atoms with van der Waals surface area (Å²) in [7, 11) is 0. The Hall–Kier alpha value is -3.52. The third kappa shape index (κ3) is 6.92. The molecule has 0 aliphatic carbocycles. The number of rotatable bonds is 6. The summed E-state index contributed by atoms with van der Waals surface area (Å²) in [4.78, 5) is 28.3. The van der Waals surface area contributed by atoms with Gasteiger partial charge >= 0.3 is 12.4 Å². The van der Waals surface area contributed by atoms with Crippen molar-refractivity contribution in [2.24, 2.45) is 0 Å². The molecule has 2 N–H and O–H groups in total. The second kappa shape index (κ2) is 11.7. The number of halogens is 6. The normalized spacial score (nSPS) is 16.7. The van der Waals surface area contributed by atoms with Gasteiger partial charge < -0.3 is 29.9 Å². The van der Waals surface area contributed by atoms with Crippen LogP contribution in [0.1, 0.15) is 17.5 Å². The fourth-order valence-corrected chi connectivity index (χ4v) is 4.54. The molecule has 0 unspecified atom stereocenters. The highest BCUT2D eigenvalue weighted by Crippen LogP contribution is 2.42. The smallest absolute Gasteiger partial charge is 0.378 e. The fraction of sp³-hybridized carbons (Fsp3) is 0.440. The Morgan fingerprint density at radius 1 is 0.667 bits per heavy atom. The van der Waals surface area contributed by atoms with E-state index in [1.165, 1.54) is 21.9 Å². The van der Waals surface area contributed by atoms with E-state index in [0.29, 0.717) is 0 Å². The van der Waals surface area contributed by atoms with Crippen molar-refractivity contribution in [3.05, 3.63) is 47.5 Å². The largest absolute Gasteiger partial charge is 0.418 e. The molecular weight excluding hydrogens is 534 g/mol. The number of ether oxygens (including phenoxy) is 2. The number of hydrogen-bond acceptors (Lipinski definition) is 6. The maximum absolute atomic E-state index is 13.8. The van der Waals surface area contributed by atoms with Crippen molar-refractivity contribution in [1.29, 1.82) is 0 Å². The zero-order chi connectivity index (χ0) is 28.2. The molecule has 0 aromatic heterocycles. The van der Waals surface area contributed by atoms with E-state index >= 15 is 0 Å². The second-order valence-electron chi connectivity index (χ2n) is 8.87. The Balaban J connectivity index is 1.54. The number of nitrogens with zero attached hydrogens (tertiary/aromatic N) is 2. The lowest BCUT2D eigenvalue weighted by Gasteiger charge is -2.33. The summed E-state index contributed by atoms with van der Waals surface area (Å²) in [5.41, 5.74) is -2.67. The van der Waals surface area contributed by atoms with E-state index in [-0.39, 0.29) is 75.4 Å². The van der Waals surface area contributed by atoms with Crippen LogP contribution in [0.5, 0.6) is 0 Å². The van der Waals surface area contributed by atoms with Crippen LogP contribution in [-0.4, -0.2) is 64.4 Å². The van der Waals surface area contributed by atoms with Crippen LogP contribution in [0.25, 0.3) is 0 Å². The molecule has 0 atom stereocenters. The van der Waals surface area contributed by atoms with Crippen LogP contribution in [-0.2, 0) is 31.4 Å². The first-order chi connectivity index (χ1) is 18.4. The highest BCUT2D eigenvalue weighted by Gasteiger charge is 2.38. The summed E-state index contributed by atoms with van der Waals surface area (Å²) in [6, 6.07) is 6.65. The Kier molecular flexibility index (Phi) is 8.54. The standard InChI is InChI=1S/C25H26F6N4O4/c26-24(27,28)16-3-1-5-18(22(16)34-7-11-38-12-8-34)32-20(36)15-21(37)33-19-6-2-4-17(25(29,30)31)23(19)35-9-13-39-14-10-35/h1-6H,7-15H2,(H,32,36)(H,33,37). The van der Waals surface area contributed by atoms with E-state index in [1.54, 1.807) is 0 Å². The van der Waals surface area contributed by atoms with E-state index < -0.39 is 41.7 Å². The van der Waals surface area contributed by atoms with Crippen molar-refractivity contribution in [2.45, 2.75) is 18.8 Å². The minimum Gasteiger partial charge on any atom is -0.378 e. The van der Waals surface area contributed by atoms with Gasteiger partial charge in [-0.1, -0.05) is 12.1 Å². The molecule has 39 heavy (non-hydrogen) atoms. The Labute approximate surface area is 219 Å². The zero-order valence-electron chi connectivity index (χ0n) is 20.6. The predicted octanol–water partition coefficient (Wildman–Crippen LogP) is 4.36. The maximum atomic E-state index is 13.8. The summed E-state index contributed by atoms with van der Waals surface area (Å²) >= 11 is 0. The first-order valence-electron chi connectivity index (χ1n) is 12.1. The van der Waals surface area contributed by atoms with Crippen molar-refractivity contribution in [2.75, 3.05) is 73.0 Å². The lowest BCUT2D eigenvalue weighted by Crippen LogP contribution is -2.38. The van der Waals surface area contributed by atoms with E-state index in [0.717, 1.165) is 24.3 Å². The molecule has 4 rings (SSSR count). The molecule has 2 aromatic carbocycles. The van der Waals surface area contributed by atoms with Gasteiger partial charge in [-0.3, -0.25) is 9.59 Å². The van der Waals surface area contributed by atoms with Crippen LogP contribution in [0, 0.1) is 0 Å². The Morgan fingerprint density at radius 2 is 1.03 bits per heavy atom. The van der Waals surface area contributed by atoms with E-state index in [1.807, 2.05) is 0 Å². The molecule has 2 aromatic rings. The fourth-order valence-electron chi connectivity index (χ4n) is 4.54. The van der Waals surface area contributed by atoms with Gasteiger partial charge in [-0.05, 0) is 24.3 Å². The maximum Gasteiger partial charge on any atom is 0.418 e. The van der Waals surface area contributed by atoms with E-state index in [2.05, 4.69) is 10.6 Å². The molecule has 2 heterocycles. The van der Waals surface area contributed by atoms with Crippen LogP contribution in [0.15, 0.2) is 36.4 Å². The van der Waals surface area contributed by atoms with Crippen LogP contribution in [0.3, 0.4) is 0 Å². The SMILES string of the molecule is O=C(CC(=O)Nc1cccc(C(F)(F)F)c1N1CCOCC1)Nc1cccc(C(F)(F)F)c1N1CCOCC1. The molecule has 2 saturated heterocycles. The number of hydrogen-bond donors (Lipinski definition) is 2. The minimum absolute atomic E-state index is 0.141. The van der Waals surface area contributed by atoms with E-state index in [9.17, 15) is 35.9 Å². The molecular formula is C25H26F6N4O4. The molecule has 2 amide bonds. The molecule has 2 aliphatic rings. The summed E-state index contributed by atoms with van der Waals surface area (Å²) in [6.45, 7) is 1.45. The quantitative estimate of drug-likeness (QED) is 0.404. The van der Waals surface area contributed by atoms with Gasteiger partial charge in [0.15, 0.2) is 0 Å². The van der Waals surface area contributed by atoms with Crippen molar-refractivity contribution in [3.63, 3.8) is 0 Å². The van der Waals surface area contributed by atoms with Crippen LogP contribution in [0.2, 0.25) is 0 Å². The molecule has 8 nitrogen and oxygen atoms in total. The van der Waals surface area contributed by atoms with Gasteiger partial charge in [0, 0.05) is 26.2 Å². The van der Waals surface area contributed by atoms with Gasteiger partial charge in [0.25, 0.3) is 0 Å². The number of carbonyl (C=O) groups is 2. The van der Waals surface area contributed by atoms with Gasteiger partial charge in [-0.25, -0.2) is 0 Å². The summed E-state index contributed by atoms with van der Waals surface area (Å²) in [5, 5.41) is 4.72. The first kappa shape index (κ1) is 28.5. The average molecular weight is 560 g/mol. The molecule has 14 heteroatoms. The van der Waals surface area contributed by atoms with Gasteiger partial charge in [0.1, 0.15) is 6.42 Å². The van der Waals surface area contributed by atoms with Crippen LogP contribution < -0.4 is 20.4 Å². The molecule has 2 fully saturated rings. The minimum atomic E-state index is -4.70. The van der Waals surface area contributed by atoms with Gasteiger partial charge in [-0.15, -0.1) is 0 Å². The number of carbonyl (C=O) groups excluding carboxylic acids is 2. The lowest BCUT2D eigenvalue weighted by molar-refractivity contribution is -0.138. The topological polar surface area (TPSA) is 83.1 Å². The number of benzene rings is 2. The number of nitrogens with one attached hydrogen (secondary N) is 2. The third-order valence-corrected chi connectivity index (χ3v) is 6.21. The molecule has 0 bridgehead atoms. The van der Waals surface area contributed by atoms with Crippen LogP contribution in [0.4, 0.5) is 49.1 Å². The summed E-state index contributed by atoms with van der Waals surface area (Å²) < 4.78 is 93.0. The molecule has 0 spiro atoms. The lowest BCUT2D eigenvalue weighted by atomic mass is 10.1.